The third-order valence-electron chi connectivity index (χ3n) is 11.5. The molecule has 0 amide bonds. The Labute approximate surface area is 338 Å². The van der Waals surface area contributed by atoms with Gasteiger partial charge in [-0.15, -0.1) is 0 Å². The maximum atomic E-state index is 15.2. The fraction of sp³-hybridized carbons (Fsp3) is 0.366. The van der Waals surface area contributed by atoms with Gasteiger partial charge in [0, 0.05) is 18.2 Å². The van der Waals surface area contributed by atoms with E-state index < -0.39 is 144 Å². The number of hydrogen-bond acceptors (Lipinski definition) is 19. The third-order valence-corrected chi connectivity index (χ3v) is 11.5. The molecule has 0 aliphatic carbocycles. The first kappa shape index (κ1) is 41.0. The Kier molecular flexibility index (Phi) is 10.5. The maximum absolute atomic E-state index is 15.2. The largest absolute Gasteiger partial charge is 0.508 e. The van der Waals surface area contributed by atoms with Crippen LogP contribution < -0.4 is 9.47 Å². The summed E-state index contributed by atoms with van der Waals surface area (Å²) in [6.45, 7) is -2.40. The number of carbonyl (C=O) groups excluding carboxylic acids is 2. The zero-order valence-corrected chi connectivity index (χ0v) is 31.0. The molecule has 12 N–H and O–H groups in total. The van der Waals surface area contributed by atoms with Gasteiger partial charge in [0.1, 0.15) is 112 Å². The van der Waals surface area contributed by atoms with E-state index in [2.05, 4.69) is 0 Å². The van der Waals surface area contributed by atoms with Crippen LogP contribution in [0.3, 0.4) is 0 Å². The van der Waals surface area contributed by atoms with Crippen LogP contribution in [0.15, 0.2) is 66.7 Å². The van der Waals surface area contributed by atoms with Crippen molar-refractivity contribution in [3.05, 3.63) is 94.5 Å². The molecule has 12 unspecified atom stereocenters. The van der Waals surface area contributed by atoms with Gasteiger partial charge in [-0.3, -0.25) is 9.59 Å². The van der Waals surface area contributed by atoms with Crippen LogP contribution in [0, 0.1) is 11.8 Å². The molecule has 12 atom stereocenters. The van der Waals surface area contributed by atoms with Crippen molar-refractivity contribution in [1.82, 2.24) is 0 Å². The quantitative estimate of drug-likeness (QED) is 0.115. The lowest BCUT2D eigenvalue weighted by Gasteiger charge is -2.44. The highest BCUT2D eigenvalue weighted by molar-refractivity contribution is 6.11. The van der Waals surface area contributed by atoms with Crippen molar-refractivity contribution in [3.63, 3.8) is 0 Å². The van der Waals surface area contributed by atoms with Gasteiger partial charge < -0.3 is 85.0 Å². The summed E-state index contributed by atoms with van der Waals surface area (Å²) < 4.78 is 29.3. The number of fused-ring (bicyclic) bond motifs is 2. The Morgan fingerprint density at radius 1 is 0.667 bits per heavy atom. The highest BCUT2D eigenvalue weighted by Crippen LogP contribution is 2.56. The molecule has 0 spiro atoms. The first-order valence-electron chi connectivity index (χ1n) is 18.6. The van der Waals surface area contributed by atoms with E-state index in [1.165, 1.54) is 48.5 Å². The van der Waals surface area contributed by atoms with Gasteiger partial charge in [-0.05, 0) is 35.4 Å². The summed E-state index contributed by atoms with van der Waals surface area (Å²) in [6, 6.07) is 13.8. The van der Waals surface area contributed by atoms with E-state index in [0.717, 1.165) is 18.2 Å². The van der Waals surface area contributed by atoms with Crippen LogP contribution in [0.2, 0.25) is 0 Å². The van der Waals surface area contributed by atoms with Gasteiger partial charge in [0.25, 0.3) is 0 Å². The molecule has 2 fully saturated rings. The van der Waals surface area contributed by atoms with Gasteiger partial charge in [-0.25, -0.2) is 0 Å². The first-order valence-corrected chi connectivity index (χ1v) is 18.6. The molecular formula is C41H40O19. The first-order chi connectivity index (χ1) is 28.6. The lowest BCUT2D eigenvalue weighted by Crippen LogP contribution is -2.58. The van der Waals surface area contributed by atoms with Gasteiger partial charge in [-0.2, -0.15) is 0 Å². The topological polar surface area (TPSA) is 323 Å². The number of carbonyl (C=O) groups is 2. The van der Waals surface area contributed by atoms with Crippen LogP contribution in [-0.4, -0.2) is 135 Å². The number of phenols is 6. The zero-order chi connectivity index (χ0) is 42.9. The predicted octanol–water partition coefficient (Wildman–Crippen LogP) is 0.465. The van der Waals surface area contributed by atoms with Crippen LogP contribution in [0.4, 0.5) is 0 Å². The summed E-state index contributed by atoms with van der Waals surface area (Å²) >= 11 is 0. The van der Waals surface area contributed by atoms with Crippen LogP contribution in [0.1, 0.15) is 55.7 Å². The second-order valence-corrected chi connectivity index (χ2v) is 15.2. The molecule has 4 heterocycles. The smallest absolute Gasteiger partial charge is 0.187 e. The number of aliphatic hydroxyl groups excluding tert-OH is 5. The average Bonchev–Trinajstić information content (AvgIpc) is 3.49. The standard InChI is InChI=1S/C41H40O19/c42-12-24-37(60-40-39(54)41(55,13-43)14-56-40)33(52)34(53)38(59-24)26-21(48)11-23-27(31(26)50)32(51)29(36(58-23)16-3-7-18(45)8-4-16)28-30(49)25-20(47)9-19(46)10-22(25)57-35(28)15-1-5-17(44)6-2-15/h1-11,24,28-29,33-40,42-48,50,52-55H,12-14H2. The minimum Gasteiger partial charge on any atom is -0.508 e. The second kappa shape index (κ2) is 15.4. The average molecular weight is 837 g/mol. The minimum atomic E-state index is -2.12. The molecule has 4 aromatic rings. The summed E-state index contributed by atoms with van der Waals surface area (Å²) in [5.74, 6) is -8.95. The number of ether oxygens (including phenoxy) is 5. The summed E-state index contributed by atoms with van der Waals surface area (Å²) in [5.41, 5.74) is -3.28. The van der Waals surface area contributed by atoms with Crippen molar-refractivity contribution in [2.45, 2.75) is 60.7 Å². The molecule has 60 heavy (non-hydrogen) atoms. The molecular weight excluding hydrogens is 796 g/mol. The molecule has 4 aliphatic heterocycles. The summed E-state index contributed by atoms with van der Waals surface area (Å²) in [5, 5.41) is 128. The second-order valence-electron chi connectivity index (χ2n) is 15.2. The number of rotatable bonds is 8. The van der Waals surface area contributed by atoms with Gasteiger partial charge in [0.15, 0.2) is 17.9 Å². The molecule has 0 radical (unpaired) electrons. The molecule has 19 heteroatoms. The van der Waals surface area contributed by atoms with Crippen molar-refractivity contribution in [3.8, 4) is 46.0 Å². The molecule has 4 aliphatic rings. The van der Waals surface area contributed by atoms with Crippen LogP contribution in [-0.2, 0) is 14.2 Å². The van der Waals surface area contributed by atoms with Crippen molar-refractivity contribution >= 4 is 11.6 Å². The van der Waals surface area contributed by atoms with E-state index >= 15 is 4.79 Å². The Morgan fingerprint density at radius 3 is 1.75 bits per heavy atom. The van der Waals surface area contributed by atoms with E-state index in [-0.39, 0.29) is 33.9 Å². The number of aliphatic hydroxyl groups is 6. The molecule has 0 saturated carbocycles. The van der Waals surface area contributed by atoms with Gasteiger partial charge in [-0.1, -0.05) is 24.3 Å². The molecule has 2 saturated heterocycles. The maximum Gasteiger partial charge on any atom is 0.187 e. The van der Waals surface area contributed by atoms with E-state index in [9.17, 15) is 66.1 Å². The number of ketones is 2. The zero-order valence-electron chi connectivity index (χ0n) is 31.0. The van der Waals surface area contributed by atoms with E-state index in [1.54, 1.807) is 0 Å². The molecule has 8 rings (SSSR count). The lowest BCUT2D eigenvalue weighted by atomic mass is 9.69. The molecule has 0 bridgehead atoms. The summed E-state index contributed by atoms with van der Waals surface area (Å²) in [4.78, 5) is 29.9. The van der Waals surface area contributed by atoms with Crippen molar-refractivity contribution in [2.24, 2.45) is 11.8 Å². The number of phenolic OH excluding ortho intramolecular Hbond substituents is 6. The van der Waals surface area contributed by atoms with Crippen LogP contribution in [0.5, 0.6) is 46.0 Å². The number of benzene rings is 4. The van der Waals surface area contributed by atoms with Gasteiger partial charge in [0.2, 0.25) is 0 Å². The third kappa shape index (κ3) is 6.69. The highest BCUT2D eigenvalue weighted by Gasteiger charge is 2.56. The monoisotopic (exact) mass is 836 g/mol. The van der Waals surface area contributed by atoms with Gasteiger partial charge in [0.05, 0.1) is 37.2 Å². The lowest BCUT2D eigenvalue weighted by molar-refractivity contribution is -0.287. The molecule has 4 aromatic carbocycles. The van der Waals surface area contributed by atoms with Gasteiger partial charge >= 0.3 is 0 Å². The fourth-order valence-electron chi connectivity index (χ4n) is 8.35. The molecule has 318 valence electrons. The minimum absolute atomic E-state index is 0.143. The van der Waals surface area contributed by atoms with Crippen LogP contribution >= 0.6 is 0 Å². The fourth-order valence-corrected chi connectivity index (χ4v) is 8.35. The highest BCUT2D eigenvalue weighted by atomic mass is 16.7. The van der Waals surface area contributed by atoms with Crippen LogP contribution in [0.25, 0.3) is 0 Å². The Morgan fingerprint density at radius 2 is 1.22 bits per heavy atom. The van der Waals surface area contributed by atoms with Crippen molar-refractivity contribution < 1.29 is 94.6 Å². The Balaban J connectivity index is 1.22. The Hall–Kier alpha value is -5.74. The molecule has 19 nitrogen and oxygen atoms in total. The van der Waals surface area contributed by atoms with E-state index in [0.29, 0.717) is 0 Å². The number of aromatic hydroxyl groups is 6. The molecule has 0 aromatic heterocycles. The number of Topliss-reactive ketones (excluding diaryl/α,β-unsaturated/α-hetero) is 2. The van der Waals surface area contributed by atoms with E-state index in [1.807, 2.05) is 0 Å². The normalized spacial score (nSPS) is 32.5. The van der Waals surface area contributed by atoms with Crippen molar-refractivity contribution in [2.75, 3.05) is 19.8 Å². The predicted molar refractivity (Wildman–Crippen MR) is 198 cm³/mol. The van der Waals surface area contributed by atoms with Crippen molar-refractivity contribution in [1.29, 1.82) is 0 Å². The van der Waals surface area contributed by atoms with E-state index in [4.69, 9.17) is 23.7 Å². The summed E-state index contributed by atoms with van der Waals surface area (Å²) in [7, 11) is 0. The Bertz CT molecular complexity index is 2300. The number of hydrogen-bond donors (Lipinski definition) is 12. The summed E-state index contributed by atoms with van der Waals surface area (Å²) in [6.07, 6.45) is -15.5. The SMILES string of the molecule is O=C1c2c(O)cc(O)cc2OC(c2ccc(O)cc2)C1C1C(=O)c2c(cc(O)c(C3OC(CO)C(OC4OCC(O)(CO)C4O)C(O)C3O)c2O)OC1c1ccc(O)cc1.